The van der Waals surface area contributed by atoms with E-state index < -0.39 is 0 Å². The summed E-state index contributed by atoms with van der Waals surface area (Å²) in [5.41, 5.74) is 3.36. The van der Waals surface area contributed by atoms with Gasteiger partial charge in [-0.25, -0.2) is 4.98 Å². The fraction of sp³-hybridized carbons (Fsp3) is 0.375. The quantitative estimate of drug-likeness (QED) is 0.780. The van der Waals surface area contributed by atoms with Gasteiger partial charge < -0.3 is 4.90 Å². The first-order valence-electron chi connectivity index (χ1n) is 6.77. The molecule has 0 saturated carbocycles. The summed E-state index contributed by atoms with van der Waals surface area (Å²) in [6.45, 7) is 5.07. The Balaban J connectivity index is 2.24. The number of hydrogen-bond donors (Lipinski definition) is 0. The van der Waals surface area contributed by atoms with E-state index in [-0.39, 0.29) is 0 Å². The molecule has 0 aliphatic carbocycles. The summed E-state index contributed by atoms with van der Waals surface area (Å²) in [5, 5.41) is 0. The van der Waals surface area contributed by atoms with Crippen molar-refractivity contribution < 1.29 is 0 Å². The SMILES string of the molecule is CC(C)c1cc(CCl)cc(N(C)Cc2cccnc2)n1. The van der Waals surface area contributed by atoms with Crippen molar-refractivity contribution in [2.75, 3.05) is 11.9 Å². The van der Waals surface area contributed by atoms with E-state index in [1.165, 1.54) is 5.56 Å². The molecule has 0 amide bonds. The third kappa shape index (κ3) is 3.70. The van der Waals surface area contributed by atoms with Crippen LogP contribution in [0.5, 0.6) is 0 Å². The number of aromatic nitrogens is 2. The van der Waals surface area contributed by atoms with Crippen LogP contribution in [-0.4, -0.2) is 17.0 Å². The molecule has 0 fully saturated rings. The van der Waals surface area contributed by atoms with E-state index >= 15 is 0 Å². The van der Waals surface area contributed by atoms with Gasteiger partial charge in [-0.1, -0.05) is 19.9 Å². The summed E-state index contributed by atoms with van der Waals surface area (Å²) < 4.78 is 0. The molecule has 3 nitrogen and oxygen atoms in total. The highest BCUT2D eigenvalue weighted by atomic mass is 35.5. The van der Waals surface area contributed by atoms with Crippen LogP contribution in [0.3, 0.4) is 0 Å². The largest absolute Gasteiger partial charge is 0.355 e. The van der Waals surface area contributed by atoms with Gasteiger partial charge in [-0.3, -0.25) is 4.98 Å². The molecule has 2 rings (SSSR count). The maximum Gasteiger partial charge on any atom is 0.129 e. The Labute approximate surface area is 125 Å². The van der Waals surface area contributed by atoms with Crippen LogP contribution in [0.15, 0.2) is 36.7 Å². The average molecular weight is 290 g/mol. The Bertz CT molecular complexity index is 555. The molecule has 2 aromatic rings. The van der Waals surface area contributed by atoms with Gasteiger partial charge in [0.25, 0.3) is 0 Å². The Morgan fingerprint density at radius 2 is 2.05 bits per heavy atom. The van der Waals surface area contributed by atoms with Crippen LogP contribution in [0.2, 0.25) is 0 Å². The number of anilines is 1. The summed E-state index contributed by atoms with van der Waals surface area (Å²) in [6, 6.07) is 8.15. The summed E-state index contributed by atoms with van der Waals surface area (Å²) in [6.07, 6.45) is 3.66. The highest BCUT2D eigenvalue weighted by Crippen LogP contribution is 2.21. The number of pyridine rings is 2. The monoisotopic (exact) mass is 289 g/mol. The van der Waals surface area contributed by atoms with Gasteiger partial charge in [0, 0.05) is 37.6 Å². The van der Waals surface area contributed by atoms with Crippen molar-refractivity contribution in [1.29, 1.82) is 0 Å². The summed E-state index contributed by atoms with van der Waals surface area (Å²) in [7, 11) is 2.04. The number of rotatable bonds is 5. The lowest BCUT2D eigenvalue weighted by atomic mass is 10.1. The minimum Gasteiger partial charge on any atom is -0.355 e. The minimum atomic E-state index is 0.392. The van der Waals surface area contributed by atoms with Crippen LogP contribution < -0.4 is 4.90 Å². The van der Waals surface area contributed by atoms with Crippen LogP contribution in [0.25, 0.3) is 0 Å². The lowest BCUT2D eigenvalue weighted by Crippen LogP contribution is -2.18. The Hall–Kier alpha value is -1.61. The van der Waals surface area contributed by atoms with Crippen LogP contribution in [0.4, 0.5) is 5.82 Å². The van der Waals surface area contributed by atoms with Crippen LogP contribution in [0, 0.1) is 0 Å². The molecule has 0 saturated heterocycles. The van der Waals surface area contributed by atoms with Crippen molar-refractivity contribution >= 4 is 17.4 Å². The second kappa shape index (κ2) is 6.71. The number of halogens is 1. The second-order valence-electron chi connectivity index (χ2n) is 5.26. The van der Waals surface area contributed by atoms with Crippen molar-refractivity contribution in [3.05, 3.63) is 53.5 Å². The third-order valence-electron chi connectivity index (χ3n) is 3.17. The molecule has 0 aromatic carbocycles. The topological polar surface area (TPSA) is 29.0 Å². The van der Waals surface area contributed by atoms with Crippen molar-refractivity contribution in [2.45, 2.75) is 32.2 Å². The van der Waals surface area contributed by atoms with Crippen LogP contribution in [-0.2, 0) is 12.4 Å². The molecule has 106 valence electrons. The zero-order valence-corrected chi connectivity index (χ0v) is 12.9. The van der Waals surface area contributed by atoms with Crippen molar-refractivity contribution in [2.24, 2.45) is 0 Å². The van der Waals surface area contributed by atoms with E-state index in [2.05, 4.69) is 41.9 Å². The lowest BCUT2D eigenvalue weighted by Gasteiger charge is -2.20. The van der Waals surface area contributed by atoms with Gasteiger partial charge in [0.15, 0.2) is 0 Å². The molecule has 0 atom stereocenters. The van der Waals surface area contributed by atoms with Gasteiger partial charge in [-0.2, -0.15) is 0 Å². The van der Waals surface area contributed by atoms with E-state index in [9.17, 15) is 0 Å². The molecule has 0 N–H and O–H groups in total. The number of hydrogen-bond acceptors (Lipinski definition) is 3. The van der Waals surface area contributed by atoms with E-state index in [1.807, 2.05) is 19.3 Å². The van der Waals surface area contributed by atoms with Gasteiger partial charge in [0.05, 0.1) is 0 Å². The van der Waals surface area contributed by atoms with Gasteiger partial charge in [0.2, 0.25) is 0 Å². The zero-order chi connectivity index (χ0) is 14.5. The fourth-order valence-corrected chi connectivity index (χ4v) is 2.16. The van der Waals surface area contributed by atoms with Crippen LogP contribution in [0.1, 0.15) is 36.6 Å². The second-order valence-corrected chi connectivity index (χ2v) is 5.53. The summed E-state index contributed by atoms with van der Waals surface area (Å²) >= 11 is 5.98. The maximum atomic E-state index is 5.98. The predicted octanol–water partition coefficient (Wildman–Crippen LogP) is 3.98. The molecule has 0 unspecified atom stereocenters. The summed E-state index contributed by atoms with van der Waals surface area (Å²) in [5.74, 6) is 1.86. The van der Waals surface area contributed by atoms with Gasteiger partial charge >= 0.3 is 0 Å². The zero-order valence-electron chi connectivity index (χ0n) is 12.2. The normalized spacial score (nSPS) is 10.8. The molecular formula is C16H20ClN3. The number of nitrogens with zero attached hydrogens (tertiary/aromatic N) is 3. The first kappa shape index (κ1) is 14.8. The predicted molar refractivity (Wildman–Crippen MR) is 84.2 cm³/mol. The Morgan fingerprint density at radius 1 is 1.25 bits per heavy atom. The average Bonchev–Trinajstić information content (AvgIpc) is 2.47. The molecule has 0 spiro atoms. The fourth-order valence-electron chi connectivity index (χ4n) is 2.01. The minimum absolute atomic E-state index is 0.392. The standard InChI is InChI=1S/C16H20ClN3/c1-12(2)15-7-14(9-17)8-16(19-15)20(3)11-13-5-4-6-18-10-13/h4-8,10,12H,9,11H2,1-3H3. The molecule has 0 aliphatic heterocycles. The molecule has 0 radical (unpaired) electrons. The first-order chi connectivity index (χ1) is 9.60. The molecular weight excluding hydrogens is 270 g/mol. The lowest BCUT2D eigenvalue weighted by molar-refractivity contribution is 0.802. The van der Waals surface area contributed by atoms with Gasteiger partial charge in [0.1, 0.15) is 5.82 Å². The van der Waals surface area contributed by atoms with Crippen molar-refractivity contribution in [3.63, 3.8) is 0 Å². The molecule has 2 aromatic heterocycles. The maximum absolute atomic E-state index is 5.98. The van der Waals surface area contributed by atoms with E-state index in [0.717, 1.165) is 23.6 Å². The third-order valence-corrected chi connectivity index (χ3v) is 3.48. The van der Waals surface area contributed by atoms with Crippen molar-refractivity contribution in [1.82, 2.24) is 9.97 Å². The number of alkyl halides is 1. The van der Waals surface area contributed by atoms with Crippen molar-refractivity contribution in [3.8, 4) is 0 Å². The van der Waals surface area contributed by atoms with E-state index in [1.54, 1.807) is 6.20 Å². The van der Waals surface area contributed by atoms with Gasteiger partial charge in [-0.15, -0.1) is 11.6 Å². The van der Waals surface area contributed by atoms with E-state index in [4.69, 9.17) is 16.6 Å². The van der Waals surface area contributed by atoms with Gasteiger partial charge in [-0.05, 0) is 35.2 Å². The van der Waals surface area contributed by atoms with E-state index in [0.29, 0.717) is 11.8 Å². The first-order valence-corrected chi connectivity index (χ1v) is 7.30. The molecule has 0 aliphatic rings. The van der Waals surface area contributed by atoms with Crippen LogP contribution >= 0.6 is 11.6 Å². The molecule has 4 heteroatoms. The highest BCUT2D eigenvalue weighted by Gasteiger charge is 2.09. The Morgan fingerprint density at radius 3 is 2.65 bits per heavy atom. The smallest absolute Gasteiger partial charge is 0.129 e. The summed E-state index contributed by atoms with van der Waals surface area (Å²) in [4.78, 5) is 11.0. The Kier molecular flexibility index (Phi) is 4.96. The molecule has 2 heterocycles. The molecule has 0 bridgehead atoms. The highest BCUT2D eigenvalue weighted by molar-refractivity contribution is 6.17. The molecule has 20 heavy (non-hydrogen) atoms.